The molecular formula is C17H20ClNOS. The molecule has 0 radical (unpaired) electrons. The van der Waals surface area contributed by atoms with Crippen LogP contribution < -0.4 is 10.5 Å². The monoisotopic (exact) mass is 321 g/mol. The van der Waals surface area contributed by atoms with Gasteiger partial charge in [0.2, 0.25) is 0 Å². The Morgan fingerprint density at radius 1 is 1.24 bits per heavy atom. The molecule has 0 saturated heterocycles. The highest BCUT2D eigenvalue weighted by molar-refractivity contribution is 7.98. The highest BCUT2D eigenvalue weighted by Crippen LogP contribution is 2.33. The van der Waals surface area contributed by atoms with Crippen molar-refractivity contribution in [1.29, 1.82) is 0 Å². The fourth-order valence-corrected chi connectivity index (χ4v) is 3.23. The Morgan fingerprint density at radius 3 is 2.67 bits per heavy atom. The molecule has 0 aliphatic heterocycles. The molecule has 0 heterocycles. The van der Waals surface area contributed by atoms with E-state index in [4.69, 9.17) is 22.1 Å². The summed E-state index contributed by atoms with van der Waals surface area (Å²) < 4.78 is 5.70. The lowest BCUT2D eigenvalue weighted by atomic mass is 10.1. The molecule has 0 aliphatic carbocycles. The smallest absolute Gasteiger partial charge is 0.123 e. The Hall–Kier alpha value is -1.16. The normalized spacial score (nSPS) is 12.2. The molecule has 0 fully saturated rings. The van der Waals surface area contributed by atoms with Crippen molar-refractivity contribution in [2.24, 2.45) is 5.73 Å². The topological polar surface area (TPSA) is 35.2 Å². The number of hydrogen-bond donors (Lipinski definition) is 1. The second kappa shape index (κ2) is 7.74. The number of nitrogens with two attached hydrogens (primary N) is 1. The molecule has 1 atom stereocenters. The minimum absolute atomic E-state index is 0.0183. The van der Waals surface area contributed by atoms with Gasteiger partial charge in [-0.15, -0.1) is 11.8 Å². The molecule has 0 amide bonds. The van der Waals surface area contributed by atoms with E-state index < -0.39 is 0 Å². The van der Waals surface area contributed by atoms with E-state index in [1.54, 1.807) is 11.8 Å². The van der Waals surface area contributed by atoms with Crippen molar-refractivity contribution in [3.05, 3.63) is 58.6 Å². The quantitative estimate of drug-likeness (QED) is 0.756. The first-order chi connectivity index (χ1) is 10.1. The first-order valence-electron chi connectivity index (χ1n) is 7.00. The second-order valence-corrected chi connectivity index (χ2v) is 6.23. The zero-order chi connectivity index (χ0) is 15.2. The number of benzene rings is 2. The van der Waals surface area contributed by atoms with Crippen LogP contribution >= 0.6 is 23.4 Å². The van der Waals surface area contributed by atoms with Crippen molar-refractivity contribution in [3.8, 4) is 5.75 Å². The van der Waals surface area contributed by atoms with Gasteiger partial charge in [-0.1, -0.05) is 29.8 Å². The number of rotatable bonds is 6. The van der Waals surface area contributed by atoms with Crippen LogP contribution in [0.15, 0.2) is 47.4 Å². The molecule has 0 saturated carbocycles. The van der Waals surface area contributed by atoms with Crippen molar-refractivity contribution in [2.45, 2.75) is 30.5 Å². The van der Waals surface area contributed by atoms with Crippen molar-refractivity contribution < 1.29 is 4.74 Å². The van der Waals surface area contributed by atoms with Gasteiger partial charge >= 0.3 is 0 Å². The third-order valence-electron chi connectivity index (χ3n) is 3.13. The fraction of sp³-hybridized carbons (Fsp3) is 0.294. The molecule has 2 N–H and O–H groups in total. The summed E-state index contributed by atoms with van der Waals surface area (Å²) in [7, 11) is 0. The average Bonchev–Trinajstić information content (AvgIpc) is 2.47. The first kappa shape index (κ1) is 16.2. The van der Waals surface area contributed by atoms with E-state index in [-0.39, 0.29) is 6.04 Å². The van der Waals surface area contributed by atoms with Crippen LogP contribution in [0.3, 0.4) is 0 Å². The van der Waals surface area contributed by atoms with E-state index in [1.807, 2.05) is 50.2 Å². The van der Waals surface area contributed by atoms with Crippen molar-refractivity contribution in [2.75, 3.05) is 6.61 Å². The second-order valence-electron chi connectivity index (χ2n) is 4.81. The molecule has 2 nitrogen and oxygen atoms in total. The molecule has 0 bridgehead atoms. The zero-order valence-electron chi connectivity index (χ0n) is 12.3. The molecule has 0 aromatic heterocycles. The first-order valence-corrected chi connectivity index (χ1v) is 8.36. The fourth-order valence-electron chi connectivity index (χ4n) is 2.01. The molecule has 21 heavy (non-hydrogen) atoms. The minimum atomic E-state index is 0.0183. The molecule has 2 aromatic rings. The van der Waals surface area contributed by atoms with Crippen LogP contribution in [0.25, 0.3) is 0 Å². The number of hydrogen-bond acceptors (Lipinski definition) is 3. The summed E-state index contributed by atoms with van der Waals surface area (Å²) in [5.74, 6) is 1.72. The van der Waals surface area contributed by atoms with Crippen LogP contribution in [-0.2, 0) is 5.75 Å². The van der Waals surface area contributed by atoms with Crippen LogP contribution in [0, 0.1) is 0 Å². The summed E-state index contributed by atoms with van der Waals surface area (Å²) in [6.07, 6.45) is 0. The molecule has 2 aromatic carbocycles. The van der Waals surface area contributed by atoms with E-state index in [9.17, 15) is 0 Å². The van der Waals surface area contributed by atoms with Crippen LogP contribution in [-0.4, -0.2) is 6.61 Å². The SMILES string of the molecule is CCOc1ccc(C(C)N)cc1CSc1ccccc1Cl. The molecule has 0 aliphatic rings. The summed E-state index contributed by atoms with van der Waals surface area (Å²) in [6, 6.07) is 14.0. The summed E-state index contributed by atoms with van der Waals surface area (Å²) >= 11 is 7.91. The van der Waals surface area contributed by atoms with E-state index in [0.29, 0.717) is 6.61 Å². The maximum atomic E-state index is 6.20. The number of ether oxygens (including phenoxy) is 1. The van der Waals surface area contributed by atoms with Crippen molar-refractivity contribution in [1.82, 2.24) is 0 Å². The number of thioether (sulfide) groups is 1. The molecular weight excluding hydrogens is 302 g/mol. The summed E-state index contributed by atoms with van der Waals surface area (Å²) in [5.41, 5.74) is 8.24. The summed E-state index contributed by atoms with van der Waals surface area (Å²) in [5, 5.41) is 0.781. The Bertz CT molecular complexity index is 601. The third-order valence-corrected chi connectivity index (χ3v) is 4.69. The van der Waals surface area contributed by atoms with Gasteiger partial charge in [0.05, 0.1) is 11.6 Å². The lowest BCUT2D eigenvalue weighted by molar-refractivity contribution is 0.337. The number of halogens is 1. The van der Waals surface area contributed by atoms with Gasteiger partial charge in [0.1, 0.15) is 5.75 Å². The predicted molar refractivity (Wildman–Crippen MR) is 91.2 cm³/mol. The van der Waals surface area contributed by atoms with Crippen LogP contribution in [0.4, 0.5) is 0 Å². The van der Waals surface area contributed by atoms with Crippen LogP contribution in [0.2, 0.25) is 5.02 Å². The highest BCUT2D eigenvalue weighted by atomic mass is 35.5. The average molecular weight is 322 g/mol. The van der Waals surface area contributed by atoms with E-state index in [0.717, 1.165) is 32.5 Å². The largest absolute Gasteiger partial charge is 0.494 e. The van der Waals surface area contributed by atoms with Gasteiger partial charge in [-0.25, -0.2) is 0 Å². The predicted octanol–water partition coefficient (Wildman–Crippen LogP) is 5.05. The summed E-state index contributed by atoms with van der Waals surface area (Å²) in [6.45, 7) is 4.63. The van der Waals surface area contributed by atoms with Gasteiger partial charge in [-0.2, -0.15) is 0 Å². The Morgan fingerprint density at radius 2 is 2.00 bits per heavy atom. The molecule has 2 rings (SSSR count). The van der Waals surface area contributed by atoms with Crippen molar-refractivity contribution in [3.63, 3.8) is 0 Å². The lowest BCUT2D eigenvalue weighted by Crippen LogP contribution is -2.06. The van der Waals surface area contributed by atoms with Gasteiger partial charge in [0.25, 0.3) is 0 Å². The van der Waals surface area contributed by atoms with Gasteiger partial charge in [-0.05, 0) is 43.7 Å². The van der Waals surface area contributed by atoms with E-state index in [2.05, 4.69) is 6.07 Å². The van der Waals surface area contributed by atoms with Gasteiger partial charge in [-0.3, -0.25) is 0 Å². The molecule has 0 spiro atoms. The molecule has 112 valence electrons. The van der Waals surface area contributed by atoms with Crippen LogP contribution in [0.5, 0.6) is 5.75 Å². The molecule has 1 unspecified atom stereocenters. The maximum absolute atomic E-state index is 6.20. The van der Waals surface area contributed by atoms with Crippen molar-refractivity contribution >= 4 is 23.4 Å². The van der Waals surface area contributed by atoms with Gasteiger partial charge in [0, 0.05) is 22.3 Å². The standard InChI is InChI=1S/C17H20ClNOS/c1-3-20-16-9-8-13(12(2)19)10-14(16)11-21-17-7-5-4-6-15(17)18/h4-10,12H,3,11,19H2,1-2H3. The highest BCUT2D eigenvalue weighted by Gasteiger charge is 2.09. The van der Waals surface area contributed by atoms with Crippen LogP contribution in [0.1, 0.15) is 31.0 Å². The summed E-state index contributed by atoms with van der Waals surface area (Å²) in [4.78, 5) is 1.08. The zero-order valence-corrected chi connectivity index (χ0v) is 13.9. The van der Waals surface area contributed by atoms with Gasteiger partial charge in [0.15, 0.2) is 0 Å². The molecule has 4 heteroatoms. The van der Waals surface area contributed by atoms with Gasteiger partial charge < -0.3 is 10.5 Å². The third kappa shape index (κ3) is 4.40. The Balaban J connectivity index is 2.20. The van der Waals surface area contributed by atoms with E-state index >= 15 is 0 Å². The Labute approximate surface area is 135 Å². The maximum Gasteiger partial charge on any atom is 0.123 e. The lowest BCUT2D eigenvalue weighted by Gasteiger charge is -2.14. The Kier molecular flexibility index (Phi) is 5.97. The minimum Gasteiger partial charge on any atom is -0.494 e. The van der Waals surface area contributed by atoms with E-state index in [1.165, 1.54) is 0 Å².